The molecule has 1 fully saturated rings. The van der Waals surface area contributed by atoms with Gasteiger partial charge in [0.05, 0.1) is 0 Å². The number of hydrogen-bond donors (Lipinski definition) is 2. The first kappa shape index (κ1) is 15.0. The van der Waals surface area contributed by atoms with Crippen LogP contribution in [0.3, 0.4) is 0 Å². The van der Waals surface area contributed by atoms with Gasteiger partial charge in [-0.1, -0.05) is 51.9 Å². The van der Waals surface area contributed by atoms with Crippen molar-refractivity contribution in [2.75, 3.05) is 13.1 Å². The van der Waals surface area contributed by atoms with Gasteiger partial charge in [0.2, 0.25) is 0 Å². The maximum Gasteiger partial charge on any atom is 0.0190 e. The maximum absolute atomic E-state index is 5.80. The molecule has 0 saturated heterocycles. The molecule has 2 heteroatoms. The summed E-state index contributed by atoms with van der Waals surface area (Å²) in [5.74, 6) is 0.970. The summed E-state index contributed by atoms with van der Waals surface area (Å²) in [7, 11) is 0. The number of hydrogen-bond acceptors (Lipinski definition) is 2. The van der Waals surface area contributed by atoms with Gasteiger partial charge in [-0.2, -0.15) is 0 Å². The topological polar surface area (TPSA) is 38.0 Å². The van der Waals surface area contributed by atoms with Crippen LogP contribution in [0, 0.1) is 5.92 Å². The number of unbranched alkanes of at least 4 members (excludes halogenated alkanes) is 6. The van der Waals surface area contributed by atoms with E-state index in [2.05, 4.69) is 12.2 Å². The van der Waals surface area contributed by atoms with E-state index in [1.54, 1.807) is 0 Å². The van der Waals surface area contributed by atoms with Crippen LogP contribution < -0.4 is 11.1 Å². The molecule has 1 aliphatic carbocycles. The van der Waals surface area contributed by atoms with Gasteiger partial charge in [0.1, 0.15) is 0 Å². The highest BCUT2D eigenvalue weighted by Crippen LogP contribution is 2.27. The second-order valence-electron chi connectivity index (χ2n) is 5.69. The van der Waals surface area contributed by atoms with Crippen LogP contribution in [-0.2, 0) is 0 Å². The standard InChI is InChI=1S/C15H32N2/c1-2-3-4-5-6-7-8-9-15(12-16)17-13-14-10-11-14/h14-15,17H,2-13,16H2,1H3. The van der Waals surface area contributed by atoms with Crippen LogP contribution in [0.25, 0.3) is 0 Å². The number of nitrogens with one attached hydrogen (secondary N) is 1. The maximum atomic E-state index is 5.80. The van der Waals surface area contributed by atoms with Crippen molar-refractivity contribution in [1.29, 1.82) is 0 Å². The van der Waals surface area contributed by atoms with E-state index in [1.165, 1.54) is 70.8 Å². The van der Waals surface area contributed by atoms with Crippen LogP contribution in [0.15, 0.2) is 0 Å². The summed E-state index contributed by atoms with van der Waals surface area (Å²) >= 11 is 0. The SMILES string of the molecule is CCCCCCCCCC(CN)NCC1CC1. The van der Waals surface area contributed by atoms with E-state index in [9.17, 15) is 0 Å². The van der Waals surface area contributed by atoms with Gasteiger partial charge < -0.3 is 11.1 Å². The minimum Gasteiger partial charge on any atom is -0.329 e. The molecule has 0 aliphatic heterocycles. The van der Waals surface area contributed by atoms with Crippen molar-refractivity contribution in [3.05, 3.63) is 0 Å². The Bertz CT molecular complexity index is 166. The normalized spacial score (nSPS) is 17.3. The van der Waals surface area contributed by atoms with Gasteiger partial charge in [0.25, 0.3) is 0 Å². The third kappa shape index (κ3) is 8.62. The van der Waals surface area contributed by atoms with Crippen molar-refractivity contribution in [1.82, 2.24) is 5.32 Å². The summed E-state index contributed by atoms with van der Waals surface area (Å²) in [5, 5.41) is 3.62. The third-order valence-corrected chi connectivity index (χ3v) is 3.83. The lowest BCUT2D eigenvalue weighted by atomic mass is 10.0. The van der Waals surface area contributed by atoms with E-state index in [0.29, 0.717) is 6.04 Å². The summed E-state index contributed by atoms with van der Waals surface area (Å²) in [6.45, 7) is 4.29. The average molecular weight is 240 g/mol. The lowest BCUT2D eigenvalue weighted by Crippen LogP contribution is -2.37. The Morgan fingerprint density at radius 2 is 1.71 bits per heavy atom. The molecule has 102 valence electrons. The molecule has 3 N–H and O–H groups in total. The molecule has 0 aromatic heterocycles. The molecule has 1 rings (SSSR count). The van der Waals surface area contributed by atoms with Crippen LogP contribution in [0.4, 0.5) is 0 Å². The second kappa shape index (κ2) is 9.90. The molecule has 2 nitrogen and oxygen atoms in total. The molecule has 0 amide bonds. The van der Waals surface area contributed by atoms with Crippen LogP contribution in [0.1, 0.15) is 71.1 Å². The Hall–Kier alpha value is -0.0800. The monoisotopic (exact) mass is 240 g/mol. The van der Waals surface area contributed by atoms with Crippen molar-refractivity contribution in [2.45, 2.75) is 77.2 Å². The summed E-state index contributed by atoms with van der Waals surface area (Å²) < 4.78 is 0. The van der Waals surface area contributed by atoms with E-state index in [1.807, 2.05) is 0 Å². The van der Waals surface area contributed by atoms with Gasteiger partial charge >= 0.3 is 0 Å². The van der Waals surface area contributed by atoms with Gasteiger partial charge in [0.15, 0.2) is 0 Å². The summed E-state index contributed by atoms with van der Waals surface area (Å²) in [4.78, 5) is 0. The van der Waals surface area contributed by atoms with Crippen LogP contribution in [0.2, 0.25) is 0 Å². The molecule has 1 saturated carbocycles. The minimum atomic E-state index is 0.575. The number of rotatable bonds is 12. The zero-order valence-electron chi connectivity index (χ0n) is 11.7. The predicted molar refractivity (Wildman–Crippen MR) is 76.2 cm³/mol. The number of nitrogens with two attached hydrogens (primary N) is 1. The van der Waals surface area contributed by atoms with E-state index in [0.717, 1.165) is 12.5 Å². The molecule has 0 radical (unpaired) electrons. The van der Waals surface area contributed by atoms with E-state index >= 15 is 0 Å². The Balaban J connectivity index is 1.84. The first-order valence-electron chi connectivity index (χ1n) is 7.80. The van der Waals surface area contributed by atoms with Gasteiger partial charge in [-0.05, 0) is 31.7 Å². The van der Waals surface area contributed by atoms with Crippen molar-refractivity contribution >= 4 is 0 Å². The molecule has 1 aliphatic rings. The van der Waals surface area contributed by atoms with Gasteiger partial charge in [0, 0.05) is 12.6 Å². The molecule has 1 atom stereocenters. The molecule has 17 heavy (non-hydrogen) atoms. The van der Waals surface area contributed by atoms with Crippen LogP contribution >= 0.6 is 0 Å². The quantitative estimate of drug-likeness (QED) is 0.513. The molecule has 0 aromatic rings. The smallest absolute Gasteiger partial charge is 0.0190 e. The molecule has 0 heterocycles. The Morgan fingerprint density at radius 3 is 2.29 bits per heavy atom. The fourth-order valence-electron chi connectivity index (χ4n) is 2.31. The average Bonchev–Trinajstić information content (AvgIpc) is 3.16. The third-order valence-electron chi connectivity index (χ3n) is 3.83. The Labute approximate surface area is 108 Å². The molecular formula is C15H32N2. The van der Waals surface area contributed by atoms with Crippen molar-refractivity contribution in [3.8, 4) is 0 Å². The van der Waals surface area contributed by atoms with Crippen LogP contribution in [0.5, 0.6) is 0 Å². The first-order valence-corrected chi connectivity index (χ1v) is 7.80. The minimum absolute atomic E-state index is 0.575. The summed E-state index contributed by atoms with van der Waals surface area (Å²) in [5.41, 5.74) is 5.80. The fraction of sp³-hybridized carbons (Fsp3) is 1.00. The van der Waals surface area contributed by atoms with E-state index in [-0.39, 0.29) is 0 Å². The highest BCUT2D eigenvalue weighted by Gasteiger charge is 2.21. The molecule has 0 spiro atoms. The zero-order valence-corrected chi connectivity index (χ0v) is 11.7. The highest BCUT2D eigenvalue weighted by atomic mass is 14.9. The van der Waals surface area contributed by atoms with Crippen LogP contribution in [-0.4, -0.2) is 19.1 Å². The largest absolute Gasteiger partial charge is 0.329 e. The highest BCUT2D eigenvalue weighted by molar-refractivity contribution is 4.78. The van der Waals surface area contributed by atoms with E-state index in [4.69, 9.17) is 5.73 Å². The van der Waals surface area contributed by atoms with Crippen molar-refractivity contribution in [3.63, 3.8) is 0 Å². The fourth-order valence-corrected chi connectivity index (χ4v) is 2.31. The zero-order chi connectivity index (χ0) is 12.3. The summed E-state index contributed by atoms with van der Waals surface area (Å²) in [6, 6.07) is 0.575. The lowest BCUT2D eigenvalue weighted by Gasteiger charge is -2.16. The second-order valence-corrected chi connectivity index (χ2v) is 5.69. The van der Waals surface area contributed by atoms with E-state index < -0.39 is 0 Å². The van der Waals surface area contributed by atoms with Crippen molar-refractivity contribution in [2.24, 2.45) is 11.7 Å². The predicted octanol–water partition coefficient (Wildman–Crippen LogP) is 3.45. The Morgan fingerprint density at radius 1 is 1.06 bits per heavy atom. The molecule has 0 aromatic carbocycles. The van der Waals surface area contributed by atoms with Crippen molar-refractivity contribution < 1.29 is 0 Å². The Kier molecular flexibility index (Phi) is 8.72. The van der Waals surface area contributed by atoms with Gasteiger partial charge in [-0.25, -0.2) is 0 Å². The lowest BCUT2D eigenvalue weighted by molar-refractivity contribution is 0.449. The summed E-state index contributed by atoms with van der Waals surface area (Å²) in [6.07, 6.45) is 13.9. The molecular weight excluding hydrogens is 208 g/mol. The van der Waals surface area contributed by atoms with Gasteiger partial charge in [-0.3, -0.25) is 0 Å². The first-order chi connectivity index (χ1) is 8.36. The van der Waals surface area contributed by atoms with Gasteiger partial charge in [-0.15, -0.1) is 0 Å². The molecule has 0 bridgehead atoms. The molecule has 1 unspecified atom stereocenters.